The molecule has 96 valence electrons. The molecular formula is C13H18N4O. The van der Waals surface area contributed by atoms with E-state index in [1.807, 2.05) is 6.07 Å². The molecule has 5 nitrogen and oxygen atoms in total. The van der Waals surface area contributed by atoms with Gasteiger partial charge in [-0.1, -0.05) is 5.16 Å². The zero-order chi connectivity index (χ0) is 12.5. The van der Waals surface area contributed by atoms with Crippen molar-refractivity contribution in [3.63, 3.8) is 0 Å². The molecule has 18 heavy (non-hydrogen) atoms. The number of anilines is 1. The number of nitrogens with two attached hydrogens (primary N) is 1. The molecule has 2 aliphatic rings. The highest BCUT2D eigenvalue weighted by Gasteiger charge is 2.34. The summed E-state index contributed by atoms with van der Waals surface area (Å²) in [5.41, 5.74) is 6.35. The Balaban J connectivity index is 1.83. The Hall–Kier alpha value is -1.78. The van der Waals surface area contributed by atoms with Gasteiger partial charge in [-0.15, -0.1) is 0 Å². The van der Waals surface area contributed by atoms with Crippen molar-refractivity contribution < 1.29 is 5.21 Å². The van der Waals surface area contributed by atoms with E-state index in [1.165, 1.54) is 25.7 Å². The minimum Gasteiger partial charge on any atom is -0.409 e. The van der Waals surface area contributed by atoms with Crippen molar-refractivity contribution in [2.24, 2.45) is 16.8 Å². The average molecular weight is 246 g/mol. The second-order valence-corrected chi connectivity index (χ2v) is 5.21. The van der Waals surface area contributed by atoms with E-state index in [2.05, 4.69) is 15.0 Å². The highest BCUT2D eigenvalue weighted by atomic mass is 16.4. The van der Waals surface area contributed by atoms with Gasteiger partial charge in [-0.05, 0) is 43.7 Å². The average Bonchev–Trinajstić information content (AvgIpc) is 3.28. The molecule has 0 spiro atoms. The van der Waals surface area contributed by atoms with Crippen LogP contribution >= 0.6 is 0 Å². The zero-order valence-corrected chi connectivity index (χ0v) is 10.3. The second kappa shape index (κ2) is 4.48. The second-order valence-electron chi connectivity index (χ2n) is 5.21. The van der Waals surface area contributed by atoms with Crippen LogP contribution in [0.1, 0.15) is 31.2 Å². The fraction of sp³-hybridized carbons (Fsp3) is 0.538. The molecule has 0 aliphatic heterocycles. The van der Waals surface area contributed by atoms with Crippen LogP contribution in [0.15, 0.2) is 23.5 Å². The summed E-state index contributed by atoms with van der Waals surface area (Å²) >= 11 is 0. The van der Waals surface area contributed by atoms with Gasteiger partial charge in [0.2, 0.25) is 0 Å². The Morgan fingerprint density at radius 2 is 2.22 bits per heavy atom. The molecule has 2 fully saturated rings. The van der Waals surface area contributed by atoms with Crippen LogP contribution in [0.5, 0.6) is 0 Å². The molecule has 3 N–H and O–H groups in total. The van der Waals surface area contributed by atoms with Gasteiger partial charge in [-0.2, -0.15) is 0 Å². The van der Waals surface area contributed by atoms with Crippen molar-refractivity contribution in [1.82, 2.24) is 4.98 Å². The van der Waals surface area contributed by atoms with E-state index in [9.17, 15) is 0 Å². The molecule has 1 aromatic heterocycles. The highest BCUT2D eigenvalue weighted by Crippen LogP contribution is 2.37. The maximum absolute atomic E-state index is 8.72. The molecule has 0 bridgehead atoms. The topological polar surface area (TPSA) is 74.7 Å². The maximum atomic E-state index is 8.72. The van der Waals surface area contributed by atoms with Gasteiger partial charge in [0.25, 0.3) is 0 Å². The van der Waals surface area contributed by atoms with Crippen LogP contribution in [0.2, 0.25) is 0 Å². The molecular weight excluding hydrogens is 228 g/mol. The van der Waals surface area contributed by atoms with Crippen LogP contribution in [-0.2, 0) is 0 Å². The molecule has 0 aromatic carbocycles. The molecule has 1 aromatic rings. The molecule has 0 atom stereocenters. The summed E-state index contributed by atoms with van der Waals surface area (Å²) in [5.74, 6) is 1.93. The molecule has 0 radical (unpaired) electrons. The number of hydrogen-bond donors (Lipinski definition) is 2. The lowest BCUT2D eigenvalue weighted by Gasteiger charge is -2.23. The summed E-state index contributed by atoms with van der Waals surface area (Å²) in [6, 6.07) is 4.32. The van der Waals surface area contributed by atoms with E-state index in [0.717, 1.165) is 23.8 Å². The lowest BCUT2D eigenvalue weighted by atomic mass is 10.2. The van der Waals surface area contributed by atoms with Gasteiger partial charge in [0.05, 0.1) is 0 Å². The quantitative estimate of drug-likeness (QED) is 0.358. The summed E-state index contributed by atoms with van der Waals surface area (Å²) in [6.45, 7) is 1.09. The molecule has 1 heterocycles. The minimum absolute atomic E-state index is 0.140. The van der Waals surface area contributed by atoms with Crippen LogP contribution in [0.4, 0.5) is 5.82 Å². The number of hydrogen-bond acceptors (Lipinski definition) is 4. The third kappa shape index (κ3) is 2.39. The number of rotatable bonds is 5. The summed E-state index contributed by atoms with van der Waals surface area (Å²) in [5, 5.41) is 11.8. The Labute approximate surface area is 106 Å². The smallest absolute Gasteiger partial charge is 0.170 e. The normalized spacial score (nSPS) is 19.9. The summed E-state index contributed by atoms with van der Waals surface area (Å²) in [6.07, 6.45) is 6.90. The Morgan fingerprint density at radius 1 is 1.44 bits per heavy atom. The van der Waals surface area contributed by atoms with Crippen molar-refractivity contribution in [2.45, 2.75) is 31.7 Å². The first-order valence-electron chi connectivity index (χ1n) is 6.48. The van der Waals surface area contributed by atoms with E-state index in [-0.39, 0.29) is 5.84 Å². The lowest BCUT2D eigenvalue weighted by Crippen LogP contribution is -2.29. The SMILES string of the molecule is NC(=NO)c1ccnc(N(CC2CC2)C2CC2)c1. The Bertz CT molecular complexity index is 466. The first-order valence-corrected chi connectivity index (χ1v) is 6.48. The van der Waals surface area contributed by atoms with Gasteiger partial charge >= 0.3 is 0 Å². The number of amidine groups is 1. The first-order chi connectivity index (χ1) is 8.78. The van der Waals surface area contributed by atoms with Crippen LogP contribution in [0.25, 0.3) is 0 Å². The summed E-state index contributed by atoms with van der Waals surface area (Å²) in [4.78, 5) is 6.81. The Morgan fingerprint density at radius 3 is 2.83 bits per heavy atom. The van der Waals surface area contributed by atoms with Crippen molar-refractivity contribution >= 4 is 11.7 Å². The predicted octanol–water partition coefficient (Wildman–Crippen LogP) is 1.55. The van der Waals surface area contributed by atoms with E-state index >= 15 is 0 Å². The molecule has 5 heteroatoms. The van der Waals surface area contributed by atoms with Gasteiger partial charge in [0.1, 0.15) is 5.82 Å². The zero-order valence-electron chi connectivity index (χ0n) is 10.3. The number of oxime groups is 1. The number of aromatic nitrogens is 1. The fourth-order valence-electron chi connectivity index (χ4n) is 2.19. The van der Waals surface area contributed by atoms with E-state index in [0.29, 0.717) is 6.04 Å². The van der Waals surface area contributed by atoms with Crippen LogP contribution in [0, 0.1) is 5.92 Å². The first kappa shape index (κ1) is 11.3. The minimum atomic E-state index is 0.140. The standard InChI is InChI=1S/C13H18N4O/c14-13(16-18)10-5-6-15-12(7-10)17(11-3-4-11)8-9-1-2-9/h5-7,9,11,18H,1-4,8H2,(H2,14,16). The monoisotopic (exact) mass is 246 g/mol. The van der Waals surface area contributed by atoms with Crippen LogP contribution in [-0.4, -0.2) is 28.6 Å². The summed E-state index contributed by atoms with van der Waals surface area (Å²) < 4.78 is 0. The molecule has 0 saturated heterocycles. The van der Waals surface area contributed by atoms with Crippen molar-refractivity contribution in [3.05, 3.63) is 23.9 Å². The number of pyridine rings is 1. The third-order valence-electron chi connectivity index (χ3n) is 3.58. The van der Waals surface area contributed by atoms with Crippen molar-refractivity contribution in [3.8, 4) is 0 Å². The fourth-order valence-corrected chi connectivity index (χ4v) is 2.19. The summed E-state index contributed by atoms with van der Waals surface area (Å²) in [7, 11) is 0. The van der Waals surface area contributed by atoms with E-state index in [4.69, 9.17) is 10.9 Å². The van der Waals surface area contributed by atoms with Crippen molar-refractivity contribution in [2.75, 3.05) is 11.4 Å². The highest BCUT2D eigenvalue weighted by molar-refractivity contribution is 5.97. The van der Waals surface area contributed by atoms with Gasteiger partial charge in [-0.3, -0.25) is 0 Å². The van der Waals surface area contributed by atoms with E-state index in [1.54, 1.807) is 12.3 Å². The molecule has 0 amide bonds. The molecule has 3 rings (SSSR count). The van der Waals surface area contributed by atoms with Gasteiger partial charge < -0.3 is 15.8 Å². The Kier molecular flexibility index (Phi) is 2.81. The number of nitrogens with zero attached hydrogens (tertiary/aromatic N) is 3. The van der Waals surface area contributed by atoms with Gasteiger partial charge in [0, 0.05) is 24.3 Å². The maximum Gasteiger partial charge on any atom is 0.170 e. The third-order valence-corrected chi connectivity index (χ3v) is 3.58. The lowest BCUT2D eigenvalue weighted by molar-refractivity contribution is 0.318. The molecule has 2 aliphatic carbocycles. The van der Waals surface area contributed by atoms with Crippen LogP contribution in [0.3, 0.4) is 0 Å². The van der Waals surface area contributed by atoms with Crippen molar-refractivity contribution in [1.29, 1.82) is 0 Å². The van der Waals surface area contributed by atoms with Crippen LogP contribution < -0.4 is 10.6 Å². The largest absolute Gasteiger partial charge is 0.409 e. The van der Waals surface area contributed by atoms with Gasteiger partial charge in [0.15, 0.2) is 5.84 Å². The molecule has 2 saturated carbocycles. The van der Waals surface area contributed by atoms with Gasteiger partial charge in [-0.25, -0.2) is 4.98 Å². The predicted molar refractivity (Wildman–Crippen MR) is 69.8 cm³/mol. The van der Waals surface area contributed by atoms with E-state index < -0.39 is 0 Å². The molecule has 0 unspecified atom stereocenters.